The van der Waals surface area contributed by atoms with Gasteiger partial charge in [0.25, 0.3) is 5.24 Å². The first-order valence-electron chi connectivity index (χ1n) is 6.81. The summed E-state index contributed by atoms with van der Waals surface area (Å²) in [6, 6.07) is 5.08. The van der Waals surface area contributed by atoms with Crippen molar-refractivity contribution in [2.45, 2.75) is 0 Å². The van der Waals surface area contributed by atoms with E-state index in [0.717, 1.165) is 22.2 Å². The van der Waals surface area contributed by atoms with Crippen LogP contribution in [0.2, 0.25) is 0 Å². The number of thioether (sulfide) groups is 1. The van der Waals surface area contributed by atoms with E-state index in [1.807, 2.05) is 0 Å². The molecule has 0 radical (unpaired) electrons. The molecule has 0 saturated carbocycles. The molecular formula is C14H14N4O4S. The van der Waals surface area contributed by atoms with Crippen molar-refractivity contribution in [3.63, 3.8) is 0 Å². The lowest BCUT2D eigenvalue weighted by Gasteiger charge is -2.12. The lowest BCUT2D eigenvalue weighted by Crippen LogP contribution is -2.36. The second kappa shape index (κ2) is 5.58. The Morgan fingerprint density at radius 1 is 1.17 bits per heavy atom. The predicted octanol–water partition coefficient (Wildman–Crippen LogP) is 0.511. The molecular weight excluding hydrogens is 320 g/mol. The van der Waals surface area contributed by atoms with Crippen LogP contribution in [-0.4, -0.2) is 43.4 Å². The van der Waals surface area contributed by atoms with E-state index in [2.05, 4.69) is 5.32 Å². The maximum Gasteiger partial charge on any atom is 0.328 e. The fourth-order valence-electron chi connectivity index (χ4n) is 2.46. The number of fused-ring (bicyclic) bond motifs is 1. The highest BCUT2D eigenvalue weighted by Crippen LogP contribution is 2.20. The van der Waals surface area contributed by atoms with Gasteiger partial charge in [-0.15, -0.1) is 0 Å². The predicted molar refractivity (Wildman–Crippen MR) is 86.4 cm³/mol. The number of anilines is 1. The Bertz CT molecular complexity index is 882. The van der Waals surface area contributed by atoms with Crippen molar-refractivity contribution in [3.8, 4) is 0 Å². The van der Waals surface area contributed by atoms with Gasteiger partial charge in [-0.3, -0.25) is 28.4 Å². The Kier molecular flexibility index (Phi) is 3.72. The fourth-order valence-corrected chi connectivity index (χ4v) is 3.19. The number of hydrogen-bond donors (Lipinski definition) is 1. The smallest absolute Gasteiger partial charge is 0.324 e. The number of imidazole rings is 1. The zero-order chi connectivity index (χ0) is 16.7. The molecule has 2 aromatic rings. The van der Waals surface area contributed by atoms with Crippen LogP contribution in [0.15, 0.2) is 23.0 Å². The quantitative estimate of drug-likeness (QED) is 0.883. The van der Waals surface area contributed by atoms with Gasteiger partial charge in [-0.2, -0.15) is 0 Å². The number of nitrogens with one attached hydrogen (secondary N) is 1. The zero-order valence-electron chi connectivity index (χ0n) is 12.5. The van der Waals surface area contributed by atoms with Crippen LogP contribution in [0.5, 0.6) is 0 Å². The van der Waals surface area contributed by atoms with Gasteiger partial charge in [0, 0.05) is 19.8 Å². The van der Waals surface area contributed by atoms with Crippen LogP contribution in [0, 0.1) is 0 Å². The molecule has 1 aliphatic rings. The SMILES string of the molecule is Cn1c(=O)n(C)c2cc(NC(=O)CN3C(=O)CSC3=O)ccc21. The molecule has 120 valence electrons. The molecule has 1 fully saturated rings. The van der Waals surface area contributed by atoms with Crippen LogP contribution >= 0.6 is 11.8 Å². The standard InChI is InChI=1S/C14H14N4O4S/c1-16-9-4-3-8(5-10(9)17(2)13(16)21)15-11(19)6-18-12(20)7-23-14(18)22/h3-5H,6-7H2,1-2H3,(H,15,19). The topological polar surface area (TPSA) is 93.4 Å². The minimum absolute atomic E-state index is 0.0736. The van der Waals surface area contributed by atoms with Gasteiger partial charge in [-0.25, -0.2) is 4.79 Å². The third kappa shape index (κ3) is 2.63. The molecule has 3 rings (SSSR count). The molecule has 3 amide bonds. The molecule has 2 heterocycles. The van der Waals surface area contributed by atoms with Crippen molar-refractivity contribution in [1.82, 2.24) is 14.0 Å². The van der Waals surface area contributed by atoms with Crippen LogP contribution in [0.4, 0.5) is 10.5 Å². The van der Waals surface area contributed by atoms with Gasteiger partial charge in [-0.1, -0.05) is 11.8 Å². The highest BCUT2D eigenvalue weighted by atomic mass is 32.2. The molecule has 23 heavy (non-hydrogen) atoms. The largest absolute Gasteiger partial charge is 0.328 e. The minimum atomic E-state index is -0.463. The molecule has 1 aliphatic heterocycles. The second-order valence-electron chi connectivity index (χ2n) is 5.19. The summed E-state index contributed by atoms with van der Waals surface area (Å²) in [7, 11) is 3.32. The number of carbonyl (C=O) groups is 3. The average molecular weight is 334 g/mol. The van der Waals surface area contributed by atoms with Gasteiger partial charge in [0.15, 0.2) is 0 Å². The normalized spacial score (nSPS) is 14.8. The molecule has 9 heteroatoms. The van der Waals surface area contributed by atoms with E-state index in [0.29, 0.717) is 11.2 Å². The van der Waals surface area contributed by atoms with Crippen LogP contribution in [0.25, 0.3) is 11.0 Å². The maximum absolute atomic E-state index is 12.0. The van der Waals surface area contributed by atoms with E-state index in [1.165, 1.54) is 9.13 Å². The number of hydrogen-bond acceptors (Lipinski definition) is 5. The van der Waals surface area contributed by atoms with Gasteiger partial charge < -0.3 is 5.32 Å². The molecule has 0 atom stereocenters. The first-order valence-corrected chi connectivity index (χ1v) is 7.79. The van der Waals surface area contributed by atoms with Crippen molar-refractivity contribution < 1.29 is 14.4 Å². The van der Waals surface area contributed by atoms with Gasteiger partial charge in [0.05, 0.1) is 16.8 Å². The summed E-state index contributed by atoms with van der Waals surface area (Å²) in [5.41, 5.74) is 1.76. The van der Waals surface area contributed by atoms with Crippen LogP contribution in [0.3, 0.4) is 0 Å². The summed E-state index contributed by atoms with van der Waals surface area (Å²) < 4.78 is 2.99. The molecule has 1 saturated heterocycles. The van der Waals surface area contributed by atoms with Gasteiger partial charge in [0.1, 0.15) is 6.54 Å². The van der Waals surface area contributed by atoms with Crippen molar-refractivity contribution in [2.75, 3.05) is 17.6 Å². The van der Waals surface area contributed by atoms with E-state index in [9.17, 15) is 19.2 Å². The Balaban J connectivity index is 1.80. The molecule has 0 aliphatic carbocycles. The number of aromatic nitrogens is 2. The first-order chi connectivity index (χ1) is 10.9. The van der Waals surface area contributed by atoms with Gasteiger partial charge in [-0.05, 0) is 18.2 Å². The third-order valence-electron chi connectivity index (χ3n) is 3.70. The second-order valence-corrected chi connectivity index (χ2v) is 6.11. The molecule has 0 bridgehead atoms. The van der Waals surface area contributed by atoms with Gasteiger partial charge >= 0.3 is 5.69 Å². The van der Waals surface area contributed by atoms with Gasteiger partial charge in [0.2, 0.25) is 11.8 Å². The van der Waals surface area contributed by atoms with E-state index in [-0.39, 0.29) is 23.9 Å². The molecule has 1 N–H and O–H groups in total. The Morgan fingerprint density at radius 2 is 1.87 bits per heavy atom. The minimum Gasteiger partial charge on any atom is -0.324 e. The average Bonchev–Trinajstić information content (AvgIpc) is 2.94. The molecule has 0 unspecified atom stereocenters. The van der Waals surface area contributed by atoms with Crippen LogP contribution in [0.1, 0.15) is 0 Å². The van der Waals surface area contributed by atoms with E-state index >= 15 is 0 Å². The highest BCUT2D eigenvalue weighted by molar-refractivity contribution is 8.14. The number of carbonyl (C=O) groups excluding carboxylic acids is 3. The monoisotopic (exact) mass is 334 g/mol. The fraction of sp³-hybridized carbons (Fsp3) is 0.286. The molecule has 8 nitrogen and oxygen atoms in total. The summed E-state index contributed by atoms with van der Waals surface area (Å²) in [6.45, 7) is -0.309. The van der Waals surface area contributed by atoms with Crippen molar-refractivity contribution >= 4 is 45.5 Å². The van der Waals surface area contributed by atoms with E-state index in [1.54, 1.807) is 32.3 Å². The van der Waals surface area contributed by atoms with E-state index < -0.39 is 11.1 Å². The Hall–Kier alpha value is -2.55. The Morgan fingerprint density at radius 3 is 2.52 bits per heavy atom. The zero-order valence-corrected chi connectivity index (χ0v) is 13.3. The first kappa shape index (κ1) is 15.3. The maximum atomic E-state index is 12.0. The van der Waals surface area contributed by atoms with Crippen molar-refractivity contribution in [1.29, 1.82) is 0 Å². The number of aryl methyl sites for hydroxylation is 2. The van der Waals surface area contributed by atoms with E-state index in [4.69, 9.17) is 0 Å². The molecule has 1 aromatic heterocycles. The Labute approximate surface area is 135 Å². The number of nitrogens with zero attached hydrogens (tertiary/aromatic N) is 3. The lowest BCUT2D eigenvalue weighted by molar-refractivity contribution is -0.128. The summed E-state index contributed by atoms with van der Waals surface area (Å²) in [6.07, 6.45) is 0. The highest BCUT2D eigenvalue weighted by Gasteiger charge is 2.31. The van der Waals surface area contributed by atoms with Crippen LogP contribution in [-0.2, 0) is 23.7 Å². The summed E-state index contributed by atoms with van der Waals surface area (Å²) in [5, 5.41) is 2.23. The lowest BCUT2D eigenvalue weighted by atomic mass is 10.2. The number of benzene rings is 1. The summed E-state index contributed by atoms with van der Waals surface area (Å²) in [4.78, 5) is 47.8. The molecule has 1 aromatic carbocycles. The van der Waals surface area contributed by atoms with Crippen molar-refractivity contribution in [3.05, 3.63) is 28.7 Å². The summed E-state index contributed by atoms with van der Waals surface area (Å²) >= 11 is 0.887. The van der Waals surface area contributed by atoms with Crippen LogP contribution < -0.4 is 11.0 Å². The number of imide groups is 1. The number of rotatable bonds is 3. The van der Waals surface area contributed by atoms with Crippen molar-refractivity contribution in [2.24, 2.45) is 14.1 Å². The number of amides is 3. The summed E-state index contributed by atoms with van der Waals surface area (Å²) in [5.74, 6) is -0.755. The third-order valence-corrected chi connectivity index (χ3v) is 4.56. The molecule has 0 spiro atoms.